The molecule has 0 N–H and O–H groups in total. The van der Waals surface area contributed by atoms with Crippen molar-refractivity contribution in [2.45, 2.75) is 0 Å². The number of halogens is 1. The van der Waals surface area contributed by atoms with Crippen molar-refractivity contribution < 1.29 is 4.84 Å². The Labute approximate surface area is 76.9 Å². The molecule has 0 aliphatic carbocycles. The molecule has 1 aliphatic rings. The second-order valence-electron chi connectivity index (χ2n) is 2.24. The topological polar surface area (TPSA) is 21.6 Å². The number of benzene rings is 1. The van der Waals surface area contributed by atoms with Gasteiger partial charge in [-0.25, -0.2) is 0 Å². The zero-order valence-electron chi connectivity index (χ0n) is 6.31. The van der Waals surface area contributed by atoms with E-state index in [2.05, 4.69) is 5.16 Å². The van der Waals surface area contributed by atoms with Crippen LogP contribution in [-0.2, 0) is 0 Å². The third-order valence-corrected chi connectivity index (χ3v) is 1.49. The average Bonchev–Trinajstić information content (AvgIpc) is 2.28. The van der Waals surface area contributed by atoms with E-state index in [0.29, 0.717) is 0 Å². The van der Waals surface area contributed by atoms with Gasteiger partial charge in [0.05, 0.1) is 6.21 Å². The van der Waals surface area contributed by atoms with Gasteiger partial charge in [0.15, 0.2) is 5.75 Å². The number of hydrogen-bond donors (Lipinski definition) is 0. The molecule has 2 nitrogen and oxygen atoms in total. The molecule has 1 heterocycles. The molecule has 0 saturated carbocycles. The van der Waals surface area contributed by atoms with Gasteiger partial charge in [-0.15, -0.1) is 12.4 Å². The predicted molar refractivity (Wildman–Crippen MR) is 51.8 cm³/mol. The minimum absolute atomic E-state index is 0. The third-order valence-electron chi connectivity index (χ3n) is 1.49. The quantitative estimate of drug-likeness (QED) is 0.603. The Kier molecular flexibility index (Phi) is 2.88. The SMILES string of the molecule is C1=Cc2ccccc2ON=C1.Cl. The Balaban J connectivity index is 0.000000720. The van der Waals surface area contributed by atoms with Crippen LogP contribution >= 0.6 is 12.4 Å². The smallest absolute Gasteiger partial charge is 0.165 e. The van der Waals surface area contributed by atoms with Gasteiger partial charge in [-0.05, 0) is 18.2 Å². The Hall–Kier alpha value is -1.28. The van der Waals surface area contributed by atoms with Crippen LogP contribution in [0.4, 0.5) is 0 Å². The highest BCUT2D eigenvalue weighted by Gasteiger charge is 1.99. The lowest BCUT2D eigenvalue weighted by molar-refractivity contribution is 0.344. The highest BCUT2D eigenvalue weighted by Crippen LogP contribution is 2.20. The summed E-state index contributed by atoms with van der Waals surface area (Å²) >= 11 is 0. The number of para-hydroxylation sites is 1. The maximum atomic E-state index is 5.06. The van der Waals surface area contributed by atoms with Gasteiger partial charge in [0, 0.05) is 5.56 Å². The summed E-state index contributed by atoms with van der Waals surface area (Å²) in [5.41, 5.74) is 1.06. The van der Waals surface area contributed by atoms with Gasteiger partial charge >= 0.3 is 0 Å². The Morgan fingerprint density at radius 1 is 1.17 bits per heavy atom. The lowest BCUT2D eigenvalue weighted by Crippen LogP contribution is -1.82. The van der Waals surface area contributed by atoms with Crippen molar-refractivity contribution in [3.63, 3.8) is 0 Å². The maximum Gasteiger partial charge on any atom is 0.165 e. The van der Waals surface area contributed by atoms with E-state index in [9.17, 15) is 0 Å². The highest BCUT2D eigenvalue weighted by molar-refractivity contribution is 5.85. The van der Waals surface area contributed by atoms with Crippen molar-refractivity contribution in [1.82, 2.24) is 0 Å². The molecule has 62 valence electrons. The van der Waals surface area contributed by atoms with Gasteiger partial charge in [0.25, 0.3) is 0 Å². The molecule has 0 saturated heterocycles. The molecule has 1 aromatic carbocycles. The standard InChI is InChI=1S/C9H7NO.ClH/c1-2-6-9-8(4-1)5-3-7-10-11-9;/h1-7H;1H. The fraction of sp³-hybridized carbons (Fsp3) is 0. The molecule has 0 spiro atoms. The van der Waals surface area contributed by atoms with Crippen LogP contribution < -0.4 is 4.84 Å². The molecule has 0 aromatic heterocycles. The van der Waals surface area contributed by atoms with Crippen LogP contribution in [0.2, 0.25) is 0 Å². The molecule has 0 amide bonds. The summed E-state index contributed by atoms with van der Waals surface area (Å²) in [4.78, 5) is 5.06. The highest BCUT2D eigenvalue weighted by atomic mass is 35.5. The summed E-state index contributed by atoms with van der Waals surface area (Å²) in [7, 11) is 0. The van der Waals surface area contributed by atoms with Crippen molar-refractivity contribution in [3.05, 3.63) is 35.9 Å². The first kappa shape index (κ1) is 8.81. The van der Waals surface area contributed by atoms with Gasteiger partial charge in [-0.3, -0.25) is 0 Å². The number of fused-ring (bicyclic) bond motifs is 1. The predicted octanol–water partition coefficient (Wildman–Crippen LogP) is 2.50. The number of hydrogen-bond acceptors (Lipinski definition) is 2. The molecule has 0 atom stereocenters. The Morgan fingerprint density at radius 2 is 2.00 bits per heavy atom. The van der Waals surface area contributed by atoms with E-state index in [1.54, 1.807) is 6.21 Å². The molecule has 1 aromatic rings. The maximum absolute atomic E-state index is 5.06. The molecule has 0 radical (unpaired) electrons. The van der Waals surface area contributed by atoms with Crippen LogP contribution in [-0.4, -0.2) is 6.21 Å². The molecule has 0 unspecified atom stereocenters. The molecule has 3 heteroatoms. The minimum Gasteiger partial charge on any atom is -0.356 e. The number of rotatable bonds is 0. The summed E-state index contributed by atoms with van der Waals surface area (Å²) in [5, 5.41) is 3.70. The Bertz CT molecular complexity index is 320. The van der Waals surface area contributed by atoms with Crippen LogP contribution in [0.3, 0.4) is 0 Å². The fourth-order valence-electron chi connectivity index (χ4n) is 0.970. The first-order valence-electron chi connectivity index (χ1n) is 3.43. The van der Waals surface area contributed by atoms with Crippen molar-refractivity contribution in [1.29, 1.82) is 0 Å². The van der Waals surface area contributed by atoms with Crippen LogP contribution in [0.5, 0.6) is 5.75 Å². The van der Waals surface area contributed by atoms with Crippen molar-refractivity contribution in [2.75, 3.05) is 0 Å². The number of allylic oxidation sites excluding steroid dienone is 1. The van der Waals surface area contributed by atoms with Crippen LogP contribution in [0.15, 0.2) is 35.5 Å². The van der Waals surface area contributed by atoms with Crippen molar-refractivity contribution in [2.24, 2.45) is 5.16 Å². The zero-order chi connectivity index (χ0) is 7.52. The monoisotopic (exact) mass is 181 g/mol. The molecule has 0 bridgehead atoms. The molecule has 12 heavy (non-hydrogen) atoms. The normalized spacial score (nSPS) is 12.3. The van der Waals surface area contributed by atoms with E-state index in [0.717, 1.165) is 11.3 Å². The molecular formula is C9H8ClNO. The van der Waals surface area contributed by atoms with E-state index >= 15 is 0 Å². The molecular weight excluding hydrogens is 174 g/mol. The van der Waals surface area contributed by atoms with Gasteiger partial charge in [0.1, 0.15) is 0 Å². The van der Waals surface area contributed by atoms with E-state index in [-0.39, 0.29) is 12.4 Å². The lowest BCUT2D eigenvalue weighted by atomic mass is 10.2. The van der Waals surface area contributed by atoms with E-state index in [4.69, 9.17) is 4.84 Å². The van der Waals surface area contributed by atoms with Gasteiger partial charge in [0.2, 0.25) is 0 Å². The van der Waals surface area contributed by atoms with E-state index in [1.165, 1.54) is 0 Å². The summed E-state index contributed by atoms with van der Waals surface area (Å²) in [6.07, 6.45) is 5.44. The van der Waals surface area contributed by atoms with Gasteiger partial charge in [-0.2, -0.15) is 0 Å². The second kappa shape index (κ2) is 3.93. The van der Waals surface area contributed by atoms with E-state index < -0.39 is 0 Å². The minimum atomic E-state index is 0. The van der Waals surface area contributed by atoms with Crippen LogP contribution in [0.1, 0.15) is 5.56 Å². The van der Waals surface area contributed by atoms with Crippen molar-refractivity contribution >= 4 is 24.7 Å². The Morgan fingerprint density at radius 3 is 2.92 bits per heavy atom. The third kappa shape index (κ3) is 1.66. The van der Waals surface area contributed by atoms with Gasteiger partial charge < -0.3 is 4.84 Å². The number of nitrogens with zero attached hydrogens (tertiary/aromatic N) is 1. The summed E-state index contributed by atoms with van der Waals surface area (Å²) in [6.45, 7) is 0. The largest absolute Gasteiger partial charge is 0.356 e. The average molecular weight is 182 g/mol. The molecule has 0 fully saturated rings. The summed E-state index contributed by atoms with van der Waals surface area (Å²) in [6, 6.07) is 7.77. The zero-order valence-corrected chi connectivity index (χ0v) is 7.12. The van der Waals surface area contributed by atoms with Crippen LogP contribution in [0, 0.1) is 0 Å². The second-order valence-corrected chi connectivity index (χ2v) is 2.24. The first-order valence-corrected chi connectivity index (χ1v) is 3.43. The van der Waals surface area contributed by atoms with Crippen LogP contribution in [0.25, 0.3) is 6.08 Å². The molecule has 2 rings (SSSR count). The molecule has 1 aliphatic heterocycles. The fourth-order valence-corrected chi connectivity index (χ4v) is 0.970. The lowest BCUT2D eigenvalue weighted by Gasteiger charge is -1.98. The van der Waals surface area contributed by atoms with E-state index in [1.807, 2.05) is 36.4 Å². The van der Waals surface area contributed by atoms with Gasteiger partial charge in [-0.1, -0.05) is 23.4 Å². The first-order chi connectivity index (χ1) is 5.47. The summed E-state index contributed by atoms with van der Waals surface area (Å²) in [5.74, 6) is 0.803. The van der Waals surface area contributed by atoms with Crippen molar-refractivity contribution in [3.8, 4) is 5.75 Å². The summed E-state index contributed by atoms with van der Waals surface area (Å²) < 4.78 is 0. The number of oxime groups is 1.